The van der Waals surface area contributed by atoms with E-state index in [1.807, 2.05) is 66.7 Å². The highest BCUT2D eigenvalue weighted by Gasteiger charge is 2.03. The third-order valence-corrected chi connectivity index (χ3v) is 3.75. The molecular weight excluding hydrogens is 314 g/mol. The number of anilines is 1. The van der Waals surface area contributed by atoms with Crippen molar-refractivity contribution in [3.63, 3.8) is 0 Å². The fourth-order valence-electron chi connectivity index (χ4n) is 2.46. The van der Waals surface area contributed by atoms with Crippen LogP contribution in [-0.2, 0) is 4.79 Å². The van der Waals surface area contributed by atoms with Crippen molar-refractivity contribution >= 4 is 28.6 Å². The minimum Gasteiger partial charge on any atom is -0.497 e. The second kappa shape index (κ2) is 7.97. The molecule has 0 aliphatic rings. The largest absolute Gasteiger partial charge is 0.497 e. The fraction of sp³-hybridized carbons (Fsp3) is 0.100. The molecule has 0 aliphatic carbocycles. The number of benzene rings is 3. The molecule has 0 aliphatic heterocycles. The molecule has 2 N–H and O–H groups in total. The Morgan fingerprint density at radius 2 is 1.80 bits per heavy atom. The summed E-state index contributed by atoms with van der Waals surface area (Å²) in [6, 6.07) is 21.4. The quantitative estimate of drug-likeness (QED) is 0.537. The molecule has 1 amide bonds. The smallest absolute Gasteiger partial charge is 0.259 e. The number of hydrogen-bond acceptors (Lipinski definition) is 4. The van der Waals surface area contributed by atoms with E-state index < -0.39 is 0 Å². The van der Waals surface area contributed by atoms with Gasteiger partial charge >= 0.3 is 0 Å². The average molecular weight is 333 g/mol. The molecule has 0 saturated heterocycles. The first-order valence-corrected chi connectivity index (χ1v) is 7.94. The molecule has 0 radical (unpaired) electrons. The Kier molecular flexibility index (Phi) is 5.26. The lowest BCUT2D eigenvalue weighted by Crippen LogP contribution is -2.25. The van der Waals surface area contributed by atoms with Gasteiger partial charge in [0, 0.05) is 11.1 Å². The maximum absolute atomic E-state index is 11.9. The summed E-state index contributed by atoms with van der Waals surface area (Å²) in [5, 5.41) is 9.33. The SMILES string of the molecule is COc1ccc(/C=N/NC(=O)CNc2cccc3ccccc23)cc1. The van der Waals surface area contributed by atoms with Crippen molar-refractivity contribution < 1.29 is 9.53 Å². The van der Waals surface area contributed by atoms with Gasteiger partial charge in [-0.25, -0.2) is 5.43 Å². The molecule has 0 spiro atoms. The van der Waals surface area contributed by atoms with Crippen molar-refractivity contribution in [2.75, 3.05) is 19.0 Å². The van der Waals surface area contributed by atoms with E-state index in [2.05, 4.69) is 15.8 Å². The van der Waals surface area contributed by atoms with Gasteiger partial charge in [-0.2, -0.15) is 5.10 Å². The molecule has 0 saturated carbocycles. The van der Waals surface area contributed by atoms with Crippen LogP contribution in [0.2, 0.25) is 0 Å². The zero-order valence-electron chi connectivity index (χ0n) is 13.9. The molecule has 0 atom stereocenters. The number of carbonyl (C=O) groups excluding carboxylic acids is 1. The van der Waals surface area contributed by atoms with Crippen LogP contribution in [0.25, 0.3) is 10.8 Å². The number of amides is 1. The lowest BCUT2D eigenvalue weighted by molar-refractivity contribution is -0.119. The van der Waals surface area contributed by atoms with Gasteiger partial charge in [-0.15, -0.1) is 0 Å². The van der Waals surface area contributed by atoms with Gasteiger partial charge in [0.2, 0.25) is 0 Å². The Morgan fingerprint density at radius 1 is 1.04 bits per heavy atom. The Labute approximate surface area is 146 Å². The maximum atomic E-state index is 11.9. The van der Waals surface area contributed by atoms with Crippen molar-refractivity contribution in [3.05, 3.63) is 72.3 Å². The molecule has 0 aromatic heterocycles. The fourth-order valence-corrected chi connectivity index (χ4v) is 2.46. The molecule has 3 aromatic carbocycles. The van der Waals surface area contributed by atoms with Crippen molar-refractivity contribution in [1.29, 1.82) is 0 Å². The molecule has 0 fully saturated rings. The third kappa shape index (κ3) is 4.35. The molecule has 0 unspecified atom stereocenters. The van der Waals surface area contributed by atoms with Crippen LogP contribution in [0.3, 0.4) is 0 Å². The van der Waals surface area contributed by atoms with Crippen LogP contribution in [0, 0.1) is 0 Å². The van der Waals surface area contributed by atoms with Crippen LogP contribution in [0.4, 0.5) is 5.69 Å². The van der Waals surface area contributed by atoms with Gasteiger partial charge in [0.1, 0.15) is 5.75 Å². The monoisotopic (exact) mass is 333 g/mol. The summed E-state index contributed by atoms with van der Waals surface area (Å²) in [7, 11) is 1.62. The zero-order chi connectivity index (χ0) is 17.5. The van der Waals surface area contributed by atoms with E-state index in [-0.39, 0.29) is 12.5 Å². The van der Waals surface area contributed by atoms with Crippen molar-refractivity contribution in [2.24, 2.45) is 5.10 Å². The number of methoxy groups -OCH3 is 1. The van der Waals surface area contributed by atoms with Crippen LogP contribution in [-0.4, -0.2) is 25.8 Å². The molecule has 3 rings (SSSR count). The highest BCUT2D eigenvalue weighted by molar-refractivity contribution is 5.95. The number of hydrazone groups is 1. The first kappa shape index (κ1) is 16.5. The minimum absolute atomic E-state index is 0.147. The molecule has 5 nitrogen and oxygen atoms in total. The molecule has 5 heteroatoms. The number of ether oxygens (including phenoxy) is 1. The van der Waals surface area contributed by atoms with E-state index in [9.17, 15) is 4.79 Å². The highest BCUT2D eigenvalue weighted by Crippen LogP contribution is 2.22. The number of rotatable bonds is 6. The van der Waals surface area contributed by atoms with Crippen molar-refractivity contribution in [3.8, 4) is 5.75 Å². The van der Waals surface area contributed by atoms with E-state index in [0.29, 0.717) is 0 Å². The summed E-state index contributed by atoms with van der Waals surface area (Å²) in [4.78, 5) is 11.9. The summed E-state index contributed by atoms with van der Waals surface area (Å²) in [6.07, 6.45) is 1.59. The molecular formula is C20H19N3O2. The lowest BCUT2D eigenvalue weighted by Gasteiger charge is -2.08. The first-order valence-electron chi connectivity index (χ1n) is 7.94. The predicted octanol–water partition coefficient (Wildman–Crippen LogP) is 3.41. The van der Waals surface area contributed by atoms with Crippen LogP contribution in [0.5, 0.6) is 5.75 Å². The van der Waals surface area contributed by atoms with Crippen molar-refractivity contribution in [2.45, 2.75) is 0 Å². The topological polar surface area (TPSA) is 62.7 Å². The summed E-state index contributed by atoms with van der Waals surface area (Å²) in [5.41, 5.74) is 4.32. The zero-order valence-corrected chi connectivity index (χ0v) is 13.9. The molecule has 3 aromatic rings. The minimum atomic E-state index is -0.210. The molecule has 126 valence electrons. The van der Waals surface area contributed by atoms with Crippen LogP contribution in [0.1, 0.15) is 5.56 Å². The number of carbonyl (C=O) groups is 1. The van der Waals surface area contributed by atoms with Crippen molar-refractivity contribution in [1.82, 2.24) is 5.43 Å². The van der Waals surface area contributed by atoms with E-state index in [1.54, 1.807) is 13.3 Å². The Balaban J connectivity index is 1.54. The predicted molar refractivity (Wildman–Crippen MR) is 101 cm³/mol. The number of fused-ring (bicyclic) bond motifs is 1. The third-order valence-electron chi connectivity index (χ3n) is 3.75. The number of nitrogens with zero attached hydrogens (tertiary/aromatic N) is 1. The molecule has 0 bridgehead atoms. The summed E-state index contributed by atoms with van der Waals surface area (Å²) >= 11 is 0. The Hall–Kier alpha value is -3.34. The average Bonchev–Trinajstić information content (AvgIpc) is 2.67. The van der Waals surface area contributed by atoms with Crippen LogP contribution < -0.4 is 15.5 Å². The normalized spacial score (nSPS) is 10.8. The molecule has 25 heavy (non-hydrogen) atoms. The van der Waals surface area contributed by atoms with E-state index in [0.717, 1.165) is 27.8 Å². The molecule has 0 heterocycles. The highest BCUT2D eigenvalue weighted by atomic mass is 16.5. The standard InChI is InChI=1S/C20H19N3O2/c1-25-17-11-9-15(10-12-17)13-22-23-20(24)14-21-19-8-4-6-16-5-2-3-7-18(16)19/h2-13,21H,14H2,1H3,(H,23,24)/b22-13+. The van der Waals surface area contributed by atoms with Gasteiger partial charge in [-0.3, -0.25) is 4.79 Å². The Morgan fingerprint density at radius 3 is 2.60 bits per heavy atom. The van der Waals surface area contributed by atoms with Gasteiger partial charge < -0.3 is 10.1 Å². The number of hydrogen-bond donors (Lipinski definition) is 2. The van der Waals surface area contributed by atoms with E-state index in [4.69, 9.17) is 4.74 Å². The van der Waals surface area contributed by atoms with Crippen LogP contribution >= 0.6 is 0 Å². The van der Waals surface area contributed by atoms with Gasteiger partial charge in [-0.1, -0.05) is 36.4 Å². The van der Waals surface area contributed by atoms with E-state index in [1.165, 1.54) is 0 Å². The maximum Gasteiger partial charge on any atom is 0.259 e. The lowest BCUT2D eigenvalue weighted by atomic mass is 10.1. The van der Waals surface area contributed by atoms with Gasteiger partial charge in [0.15, 0.2) is 0 Å². The number of nitrogens with one attached hydrogen (secondary N) is 2. The summed E-state index contributed by atoms with van der Waals surface area (Å²) < 4.78 is 5.09. The summed E-state index contributed by atoms with van der Waals surface area (Å²) in [5.74, 6) is 0.568. The first-order chi connectivity index (χ1) is 12.3. The summed E-state index contributed by atoms with van der Waals surface area (Å²) in [6.45, 7) is 0.147. The van der Waals surface area contributed by atoms with Gasteiger partial charge in [-0.05, 0) is 41.3 Å². The van der Waals surface area contributed by atoms with E-state index >= 15 is 0 Å². The second-order valence-electron chi connectivity index (χ2n) is 5.45. The second-order valence-corrected chi connectivity index (χ2v) is 5.45. The Bertz CT molecular complexity index is 884. The van der Waals surface area contributed by atoms with Gasteiger partial charge in [0.25, 0.3) is 5.91 Å². The van der Waals surface area contributed by atoms with Gasteiger partial charge in [0.05, 0.1) is 19.9 Å². The van der Waals surface area contributed by atoms with Crippen LogP contribution in [0.15, 0.2) is 71.8 Å².